The van der Waals surface area contributed by atoms with Crippen molar-refractivity contribution < 1.29 is 9.53 Å². The summed E-state index contributed by atoms with van der Waals surface area (Å²) in [6, 6.07) is 1.47. The lowest BCUT2D eigenvalue weighted by Crippen LogP contribution is -2.01. The number of ether oxygens (including phenoxy) is 1. The van der Waals surface area contributed by atoms with E-state index in [-0.39, 0.29) is 0 Å². The molecule has 1 aromatic rings. The molecule has 0 amide bonds. The lowest BCUT2D eigenvalue weighted by atomic mass is 10.2. The Morgan fingerprint density at radius 1 is 1.69 bits per heavy atom. The van der Waals surface area contributed by atoms with Crippen LogP contribution in [0.25, 0.3) is 4.85 Å². The second-order valence-electron chi connectivity index (χ2n) is 2.43. The number of hydrogen-bond donors (Lipinski definition) is 0. The molecule has 1 rings (SSSR count). The molecule has 1 heterocycles. The molecule has 0 aliphatic heterocycles. The molecule has 0 aliphatic rings. The number of hydrogen-bond acceptors (Lipinski definition) is 3. The average molecular weight is 176 g/mol. The van der Waals surface area contributed by atoms with Crippen LogP contribution in [0.5, 0.6) is 0 Å². The van der Waals surface area contributed by atoms with Crippen LogP contribution < -0.4 is 0 Å². The lowest BCUT2D eigenvalue weighted by molar-refractivity contribution is 0.0600. The summed E-state index contributed by atoms with van der Waals surface area (Å²) in [6.07, 6.45) is 1.40. The van der Waals surface area contributed by atoms with Gasteiger partial charge in [-0.15, -0.1) is 0 Å². The highest BCUT2D eigenvalue weighted by Crippen LogP contribution is 2.17. The van der Waals surface area contributed by atoms with E-state index in [1.807, 2.05) is 0 Å². The van der Waals surface area contributed by atoms with E-state index in [0.717, 1.165) is 0 Å². The second kappa shape index (κ2) is 3.68. The van der Waals surface area contributed by atoms with Crippen LogP contribution in [0.3, 0.4) is 0 Å². The van der Waals surface area contributed by atoms with Crippen LogP contribution in [0.15, 0.2) is 12.3 Å². The van der Waals surface area contributed by atoms with Crippen LogP contribution >= 0.6 is 0 Å². The molecule has 0 spiro atoms. The summed E-state index contributed by atoms with van der Waals surface area (Å²) in [7, 11) is 1.29. The summed E-state index contributed by atoms with van der Waals surface area (Å²) in [5.74, 6) is -0.475. The van der Waals surface area contributed by atoms with Gasteiger partial charge in [0.05, 0.1) is 19.2 Å². The fraction of sp³-hybridized carbons (Fsp3) is 0.222. The van der Waals surface area contributed by atoms with Gasteiger partial charge < -0.3 is 4.74 Å². The van der Waals surface area contributed by atoms with Gasteiger partial charge in [-0.1, -0.05) is 0 Å². The molecule has 4 heteroatoms. The fourth-order valence-electron chi connectivity index (χ4n) is 0.864. The molecule has 0 N–H and O–H groups in total. The molecule has 66 valence electrons. The van der Waals surface area contributed by atoms with Gasteiger partial charge in [0.25, 0.3) is 0 Å². The standard InChI is InChI=1S/C9H8N2O2/c1-6-8(10-2)4-7(5-11-6)9(12)13-3/h4-5H,1,3H3. The number of carbonyl (C=O) groups excluding carboxylic acids is 1. The Morgan fingerprint density at radius 2 is 2.38 bits per heavy atom. The molecule has 13 heavy (non-hydrogen) atoms. The molecule has 4 nitrogen and oxygen atoms in total. The minimum Gasteiger partial charge on any atom is -0.465 e. The third-order valence-electron chi connectivity index (χ3n) is 1.60. The predicted octanol–water partition coefficient (Wildman–Crippen LogP) is 1.73. The van der Waals surface area contributed by atoms with Gasteiger partial charge in [-0.3, -0.25) is 4.98 Å². The smallest absolute Gasteiger partial charge is 0.338 e. The Bertz CT molecular complexity index is 380. The third kappa shape index (κ3) is 1.82. The predicted molar refractivity (Wildman–Crippen MR) is 46.6 cm³/mol. The SMILES string of the molecule is [C-]#[N+]c1cc(C(=O)OC)cnc1C. The molecule has 0 bridgehead atoms. The zero-order chi connectivity index (χ0) is 9.84. The highest BCUT2D eigenvalue weighted by Gasteiger charge is 2.08. The Hall–Kier alpha value is -1.89. The van der Waals surface area contributed by atoms with Gasteiger partial charge in [-0.25, -0.2) is 9.64 Å². The number of nitrogens with zero attached hydrogens (tertiary/aromatic N) is 2. The molecule has 0 saturated heterocycles. The van der Waals surface area contributed by atoms with Crippen molar-refractivity contribution >= 4 is 11.7 Å². The number of pyridine rings is 1. The van der Waals surface area contributed by atoms with Gasteiger partial charge in [0.1, 0.15) is 0 Å². The first-order valence-corrected chi connectivity index (χ1v) is 3.61. The van der Waals surface area contributed by atoms with Gasteiger partial charge in [0.2, 0.25) is 5.69 Å². The van der Waals surface area contributed by atoms with E-state index in [4.69, 9.17) is 6.57 Å². The monoisotopic (exact) mass is 176 g/mol. The number of esters is 1. The van der Waals surface area contributed by atoms with Crippen LogP contribution in [0.1, 0.15) is 16.1 Å². The highest BCUT2D eigenvalue weighted by atomic mass is 16.5. The lowest BCUT2D eigenvalue weighted by Gasteiger charge is -2.00. The summed E-state index contributed by atoms with van der Waals surface area (Å²) >= 11 is 0. The van der Waals surface area contributed by atoms with E-state index in [1.165, 1.54) is 19.4 Å². The quantitative estimate of drug-likeness (QED) is 0.483. The van der Waals surface area contributed by atoms with Gasteiger partial charge in [-0.2, -0.15) is 0 Å². The second-order valence-corrected chi connectivity index (χ2v) is 2.43. The molecular weight excluding hydrogens is 168 g/mol. The van der Waals surface area contributed by atoms with Crippen molar-refractivity contribution in [2.45, 2.75) is 6.92 Å². The largest absolute Gasteiger partial charge is 0.465 e. The molecule has 0 radical (unpaired) electrons. The normalized spacial score (nSPS) is 9.00. The summed E-state index contributed by atoms with van der Waals surface area (Å²) in [4.78, 5) is 18.2. The first kappa shape index (κ1) is 9.20. The van der Waals surface area contributed by atoms with Crippen LogP contribution in [-0.2, 0) is 4.74 Å². The van der Waals surface area contributed by atoms with Gasteiger partial charge >= 0.3 is 5.97 Å². The van der Waals surface area contributed by atoms with Crippen molar-refractivity contribution in [2.75, 3.05) is 7.11 Å². The first-order chi connectivity index (χ1) is 6.19. The van der Waals surface area contributed by atoms with E-state index >= 15 is 0 Å². The Kier molecular flexibility index (Phi) is 2.60. The van der Waals surface area contributed by atoms with Gasteiger partial charge in [0.15, 0.2) is 0 Å². The zero-order valence-electron chi connectivity index (χ0n) is 7.37. The Morgan fingerprint density at radius 3 is 2.92 bits per heavy atom. The van der Waals surface area contributed by atoms with Crippen molar-refractivity contribution in [1.82, 2.24) is 4.98 Å². The highest BCUT2D eigenvalue weighted by molar-refractivity contribution is 5.90. The van der Waals surface area contributed by atoms with Crippen molar-refractivity contribution in [3.63, 3.8) is 0 Å². The first-order valence-electron chi connectivity index (χ1n) is 3.61. The van der Waals surface area contributed by atoms with E-state index < -0.39 is 5.97 Å². The maximum absolute atomic E-state index is 11.0. The number of aryl methyl sites for hydroxylation is 1. The number of methoxy groups -OCH3 is 1. The number of rotatable bonds is 1. The van der Waals surface area contributed by atoms with Gasteiger partial charge in [0, 0.05) is 11.9 Å². The molecule has 0 fully saturated rings. The van der Waals surface area contributed by atoms with Crippen molar-refractivity contribution in [3.05, 3.63) is 34.9 Å². The summed E-state index contributed by atoms with van der Waals surface area (Å²) < 4.78 is 4.49. The van der Waals surface area contributed by atoms with Crippen molar-refractivity contribution in [3.8, 4) is 0 Å². The number of carbonyl (C=O) groups is 1. The van der Waals surface area contributed by atoms with Crippen molar-refractivity contribution in [2.24, 2.45) is 0 Å². The molecule has 0 saturated carbocycles. The average Bonchev–Trinajstić information content (AvgIpc) is 2.17. The summed E-state index contributed by atoms with van der Waals surface area (Å²) in [6.45, 7) is 8.53. The maximum atomic E-state index is 11.0. The summed E-state index contributed by atoms with van der Waals surface area (Å²) in [5.41, 5.74) is 1.30. The van der Waals surface area contributed by atoms with E-state index in [2.05, 4.69) is 14.6 Å². The maximum Gasteiger partial charge on any atom is 0.338 e. The fourth-order valence-corrected chi connectivity index (χ4v) is 0.864. The number of aromatic nitrogens is 1. The zero-order valence-corrected chi connectivity index (χ0v) is 7.37. The molecule has 0 unspecified atom stereocenters. The van der Waals surface area contributed by atoms with Crippen LogP contribution in [0.4, 0.5) is 5.69 Å². The van der Waals surface area contributed by atoms with E-state index in [9.17, 15) is 4.79 Å². The van der Waals surface area contributed by atoms with Crippen LogP contribution in [-0.4, -0.2) is 18.1 Å². The Balaban J connectivity index is 3.15. The van der Waals surface area contributed by atoms with Crippen molar-refractivity contribution in [1.29, 1.82) is 0 Å². The van der Waals surface area contributed by atoms with Gasteiger partial charge in [-0.05, 0) is 13.0 Å². The molecule has 0 aromatic carbocycles. The van der Waals surface area contributed by atoms with E-state index in [1.54, 1.807) is 6.92 Å². The molecular formula is C9H8N2O2. The third-order valence-corrected chi connectivity index (χ3v) is 1.60. The minimum atomic E-state index is -0.475. The molecule has 0 atom stereocenters. The minimum absolute atomic E-state index is 0.305. The molecule has 0 aliphatic carbocycles. The van der Waals surface area contributed by atoms with Crippen LogP contribution in [0.2, 0.25) is 0 Å². The Labute approximate surface area is 76.0 Å². The van der Waals surface area contributed by atoms with E-state index in [0.29, 0.717) is 16.9 Å². The van der Waals surface area contributed by atoms with Crippen LogP contribution in [0, 0.1) is 13.5 Å². The molecule has 1 aromatic heterocycles. The summed E-state index contributed by atoms with van der Waals surface area (Å²) in [5, 5.41) is 0. The topological polar surface area (TPSA) is 43.5 Å².